The first-order valence-corrected chi connectivity index (χ1v) is 10.9. The van der Waals surface area contributed by atoms with Crippen LogP contribution in [0.4, 0.5) is 14.9 Å². The van der Waals surface area contributed by atoms with Crippen LogP contribution in [-0.4, -0.2) is 27.0 Å². The zero-order valence-corrected chi connectivity index (χ0v) is 18.5. The summed E-state index contributed by atoms with van der Waals surface area (Å²) in [7, 11) is 0. The molecule has 0 aliphatic rings. The SMILES string of the molecule is CCC(c1nc2ccccc2c(=O)n1-c1ccccc1)N(CC)C(=O)Nc1cccc(F)c1. The van der Waals surface area contributed by atoms with Gasteiger partial charge in [-0.05, 0) is 55.8 Å². The van der Waals surface area contributed by atoms with Crippen LogP contribution in [0.2, 0.25) is 0 Å². The van der Waals surface area contributed by atoms with E-state index in [0.29, 0.717) is 41.1 Å². The Hall–Kier alpha value is -4.00. The van der Waals surface area contributed by atoms with E-state index in [4.69, 9.17) is 4.98 Å². The van der Waals surface area contributed by atoms with E-state index < -0.39 is 17.9 Å². The van der Waals surface area contributed by atoms with E-state index in [0.717, 1.165) is 0 Å². The lowest BCUT2D eigenvalue weighted by atomic mass is 10.1. The number of hydrogen-bond donors (Lipinski definition) is 1. The molecule has 2 amide bonds. The first-order chi connectivity index (χ1) is 16.0. The number of hydrogen-bond acceptors (Lipinski definition) is 3. The number of rotatable bonds is 6. The maximum Gasteiger partial charge on any atom is 0.322 e. The molecule has 0 bridgehead atoms. The van der Waals surface area contributed by atoms with Gasteiger partial charge in [0.05, 0.1) is 22.6 Å². The molecule has 1 N–H and O–H groups in total. The molecule has 3 aromatic carbocycles. The summed E-state index contributed by atoms with van der Waals surface area (Å²) in [4.78, 5) is 33.2. The number of carbonyl (C=O) groups excluding carboxylic acids is 1. The minimum absolute atomic E-state index is 0.193. The van der Waals surface area contributed by atoms with E-state index in [1.807, 2.05) is 56.3 Å². The highest BCUT2D eigenvalue weighted by molar-refractivity contribution is 5.89. The van der Waals surface area contributed by atoms with Crippen LogP contribution < -0.4 is 10.9 Å². The lowest BCUT2D eigenvalue weighted by Crippen LogP contribution is -2.40. The quantitative estimate of drug-likeness (QED) is 0.425. The molecule has 4 rings (SSSR count). The van der Waals surface area contributed by atoms with Gasteiger partial charge in [0.25, 0.3) is 5.56 Å². The number of anilines is 1. The van der Waals surface area contributed by atoms with Gasteiger partial charge in [-0.1, -0.05) is 43.3 Å². The van der Waals surface area contributed by atoms with Crippen LogP contribution >= 0.6 is 0 Å². The highest BCUT2D eigenvalue weighted by Gasteiger charge is 2.28. The van der Waals surface area contributed by atoms with Crippen molar-refractivity contribution in [3.63, 3.8) is 0 Å². The van der Waals surface area contributed by atoms with Crippen molar-refractivity contribution in [3.05, 3.63) is 101 Å². The van der Waals surface area contributed by atoms with Crippen molar-refractivity contribution in [2.45, 2.75) is 26.3 Å². The summed E-state index contributed by atoms with van der Waals surface area (Å²) in [5.74, 6) is 0.0423. The fourth-order valence-electron chi connectivity index (χ4n) is 4.01. The molecule has 1 atom stereocenters. The summed E-state index contributed by atoms with van der Waals surface area (Å²) in [5.41, 5.74) is 1.42. The van der Waals surface area contributed by atoms with Crippen LogP contribution in [0.15, 0.2) is 83.7 Å². The molecular formula is C26H25FN4O2. The van der Waals surface area contributed by atoms with Gasteiger partial charge in [-0.25, -0.2) is 14.2 Å². The van der Waals surface area contributed by atoms with Gasteiger partial charge in [0.1, 0.15) is 11.6 Å². The number of amides is 2. The molecule has 0 saturated heterocycles. The Labute approximate surface area is 191 Å². The Morgan fingerprint density at radius 3 is 2.45 bits per heavy atom. The number of aromatic nitrogens is 2. The molecule has 4 aromatic rings. The van der Waals surface area contributed by atoms with Crippen molar-refractivity contribution in [1.29, 1.82) is 0 Å². The first-order valence-electron chi connectivity index (χ1n) is 10.9. The Morgan fingerprint density at radius 1 is 1.03 bits per heavy atom. The van der Waals surface area contributed by atoms with Gasteiger partial charge in [0.15, 0.2) is 0 Å². The third-order valence-electron chi connectivity index (χ3n) is 5.55. The molecule has 168 valence electrons. The molecule has 0 aliphatic carbocycles. The molecular weight excluding hydrogens is 419 g/mol. The normalized spacial score (nSPS) is 11.8. The van der Waals surface area contributed by atoms with E-state index in [9.17, 15) is 14.0 Å². The third-order valence-corrected chi connectivity index (χ3v) is 5.55. The second-order valence-corrected chi connectivity index (χ2v) is 7.61. The van der Waals surface area contributed by atoms with E-state index in [-0.39, 0.29) is 5.56 Å². The van der Waals surface area contributed by atoms with Crippen LogP contribution in [0.25, 0.3) is 16.6 Å². The zero-order chi connectivity index (χ0) is 23.4. The lowest BCUT2D eigenvalue weighted by molar-refractivity contribution is 0.185. The fourth-order valence-corrected chi connectivity index (χ4v) is 4.01. The third kappa shape index (κ3) is 4.48. The molecule has 0 aliphatic heterocycles. The van der Waals surface area contributed by atoms with Crippen LogP contribution in [0.3, 0.4) is 0 Å². The van der Waals surface area contributed by atoms with Crippen LogP contribution in [0.1, 0.15) is 32.1 Å². The van der Waals surface area contributed by atoms with E-state index in [1.54, 1.807) is 27.7 Å². The van der Waals surface area contributed by atoms with Gasteiger partial charge < -0.3 is 10.2 Å². The van der Waals surface area contributed by atoms with Gasteiger partial charge in [0.2, 0.25) is 0 Å². The molecule has 1 heterocycles. The van der Waals surface area contributed by atoms with Gasteiger partial charge in [-0.2, -0.15) is 0 Å². The Balaban J connectivity index is 1.84. The molecule has 1 unspecified atom stereocenters. The second-order valence-electron chi connectivity index (χ2n) is 7.61. The molecule has 6 nitrogen and oxygen atoms in total. The molecule has 33 heavy (non-hydrogen) atoms. The van der Waals surface area contributed by atoms with Crippen molar-refractivity contribution in [2.75, 3.05) is 11.9 Å². The summed E-state index contributed by atoms with van der Waals surface area (Å²) in [6.45, 7) is 4.18. The van der Waals surface area contributed by atoms with Crippen LogP contribution in [-0.2, 0) is 0 Å². The Kier molecular flexibility index (Phi) is 6.49. The number of nitrogens with zero attached hydrogens (tertiary/aromatic N) is 3. The van der Waals surface area contributed by atoms with Crippen molar-refractivity contribution >= 4 is 22.6 Å². The van der Waals surface area contributed by atoms with Crippen molar-refractivity contribution in [2.24, 2.45) is 0 Å². The van der Waals surface area contributed by atoms with Gasteiger partial charge in [-0.3, -0.25) is 9.36 Å². The predicted molar refractivity (Wildman–Crippen MR) is 128 cm³/mol. The Morgan fingerprint density at radius 2 is 1.76 bits per heavy atom. The van der Waals surface area contributed by atoms with Crippen LogP contribution in [0.5, 0.6) is 0 Å². The zero-order valence-electron chi connectivity index (χ0n) is 18.5. The average molecular weight is 445 g/mol. The molecule has 0 radical (unpaired) electrons. The summed E-state index contributed by atoms with van der Waals surface area (Å²) >= 11 is 0. The number of benzene rings is 3. The average Bonchev–Trinajstić information content (AvgIpc) is 2.83. The number of urea groups is 1. The van der Waals surface area contributed by atoms with Crippen LogP contribution in [0, 0.1) is 5.82 Å². The number of nitrogens with one attached hydrogen (secondary N) is 1. The minimum atomic E-state index is -0.485. The molecule has 0 fully saturated rings. The first kappa shape index (κ1) is 22.2. The van der Waals surface area contributed by atoms with Crippen molar-refractivity contribution in [3.8, 4) is 5.69 Å². The smallest absolute Gasteiger partial charge is 0.315 e. The molecule has 7 heteroatoms. The van der Waals surface area contributed by atoms with Gasteiger partial charge >= 0.3 is 6.03 Å². The number of carbonyl (C=O) groups is 1. The highest BCUT2D eigenvalue weighted by Crippen LogP contribution is 2.26. The number of para-hydroxylation sites is 2. The van der Waals surface area contributed by atoms with E-state index in [1.165, 1.54) is 18.2 Å². The maximum atomic E-state index is 13.6. The Bertz CT molecular complexity index is 1340. The van der Waals surface area contributed by atoms with Gasteiger partial charge in [-0.15, -0.1) is 0 Å². The second kappa shape index (κ2) is 9.65. The largest absolute Gasteiger partial charge is 0.322 e. The summed E-state index contributed by atoms with van der Waals surface area (Å²) in [5, 5.41) is 3.27. The minimum Gasteiger partial charge on any atom is -0.315 e. The monoisotopic (exact) mass is 444 g/mol. The molecule has 0 saturated carbocycles. The topological polar surface area (TPSA) is 67.2 Å². The summed E-state index contributed by atoms with van der Waals surface area (Å²) < 4.78 is 15.2. The fraction of sp³-hybridized carbons (Fsp3) is 0.192. The van der Waals surface area contributed by atoms with Gasteiger partial charge in [0, 0.05) is 12.2 Å². The highest BCUT2D eigenvalue weighted by atomic mass is 19.1. The maximum absolute atomic E-state index is 13.6. The summed E-state index contributed by atoms with van der Waals surface area (Å²) in [6, 6.07) is 21.3. The molecule has 1 aromatic heterocycles. The van der Waals surface area contributed by atoms with E-state index in [2.05, 4.69) is 5.32 Å². The lowest BCUT2D eigenvalue weighted by Gasteiger charge is -2.31. The number of fused-ring (bicyclic) bond motifs is 1. The van der Waals surface area contributed by atoms with Crippen molar-refractivity contribution in [1.82, 2.24) is 14.5 Å². The predicted octanol–water partition coefficient (Wildman–Crippen LogP) is 5.53. The van der Waals surface area contributed by atoms with E-state index >= 15 is 0 Å². The molecule has 0 spiro atoms. The number of halogens is 1. The standard InChI is InChI=1S/C26H25FN4O2/c1-3-23(30(4-2)26(33)28-19-12-10-11-18(27)17-19)24-29-22-16-9-8-15-21(22)25(32)31(24)20-13-6-5-7-14-20/h5-17,23H,3-4H2,1-2H3,(H,28,33). The van der Waals surface area contributed by atoms with Crippen molar-refractivity contribution < 1.29 is 9.18 Å². The summed E-state index contributed by atoms with van der Waals surface area (Å²) in [6.07, 6.45) is 0.530.